The predicted molar refractivity (Wildman–Crippen MR) is 70.9 cm³/mol. The molecule has 0 unspecified atom stereocenters. The maximum absolute atomic E-state index is 12.7. The Balaban J connectivity index is 2.11. The van der Waals surface area contributed by atoms with E-state index in [1.54, 1.807) is 18.2 Å². The van der Waals surface area contributed by atoms with E-state index in [-0.39, 0.29) is 18.0 Å². The molecular weight excluding hydrogens is 243 g/mol. The van der Waals surface area contributed by atoms with Gasteiger partial charge in [0.05, 0.1) is 6.42 Å². The highest BCUT2D eigenvalue weighted by molar-refractivity contribution is 6.13. The van der Waals surface area contributed by atoms with Gasteiger partial charge in [0.25, 0.3) is 0 Å². The highest BCUT2D eigenvalue weighted by atomic mass is 19.1. The normalized spacial score (nSPS) is 10.2. The third-order valence-corrected chi connectivity index (χ3v) is 2.83. The van der Waals surface area contributed by atoms with Gasteiger partial charge in [0, 0.05) is 11.1 Å². The van der Waals surface area contributed by atoms with Gasteiger partial charge in [-0.05, 0) is 37.3 Å². The van der Waals surface area contributed by atoms with Crippen molar-refractivity contribution in [3.05, 3.63) is 71.0 Å². The van der Waals surface area contributed by atoms with Crippen LogP contribution in [0, 0.1) is 12.7 Å². The zero-order valence-corrected chi connectivity index (χ0v) is 10.5. The van der Waals surface area contributed by atoms with Crippen LogP contribution in [0.2, 0.25) is 0 Å². The van der Waals surface area contributed by atoms with Crippen LogP contribution in [-0.4, -0.2) is 11.6 Å². The lowest BCUT2D eigenvalue weighted by molar-refractivity contribution is 0.0894. The molecule has 2 nitrogen and oxygen atoms in total. The van der Waals surface area contributed by atoms with E-state index in [0.29, 0.717) is 11.1 Å². The third-order valence-electron chi connectivity index (χ3n) is 2.83. The maximum atomic E-state index is 12.7. The van der Waals surface area contributed by atoms with E-state index in [1.165, 1.54) is 24.3 Å². The Morgan fingerprint density at radius 1 is 0.947 bits per heavy atom. The lowest BCUT2D eigenvalue weighted by atomic mass is 10.0. The van der Waals surface area contributed by atoms with Gasteiger partial charge in [-0.25, -0.2) is 4.39 Å². The highest BCUT2D eigenvalue weighted by Crippen LogP contribution is 2.11. The van der Waals surface area contributed by atoms with Crippen LogP contribution in [0.5, 0.6) is 0 Å². The van der Waals surface area contributed by atoms with Gasteiger partial charge in [-0.15, -0.1) is 0 Å². The van der Waals surface area contributed by atoms with E-state index in [0.717, 1.165) is 5.56 Å². The van der Waals surface area contributed by atoms with Gasteiger partial charge < -0.3 is 0 Å². The molecule has 2 aromatic carbocycles. The quantitative estimate of drug-likeness (QED) is 0.618. The molecule has 0 atom stereocenters. The minimum atomic E-state index is -0.401. The average molecular weight is 256 g/mol. The van der Waals surface area contributed by atoms with Crippen molar-refractivity contribution in [2.24, 2.45) is 0 Å². The predicted octanol–water partition coefficient (Wildman–Crippen LogP) is 3.59. The SMILES string of the molecule is Cc1cccc(C(=O)CC(=O)c2ccc(F)cc2)c1. The maximum Gasteiger partial charge on any atom is 0.170 e. The Morgan fingerprint density at radius 3 is 2.21 bits per heavy atom. The summed E-state index contributed by atoms with van der Waals surface area (Å²) < 4.78 is 12.7. The Labute approximate surface area is 110 Å². The summed E-state index contributed by atoms with van der Waals surface area (Å²) in [7, 11) is 0. The van der Waals surface area contributed by atoms with E-state index >= 15 is 0 Å². The van der Waals surface area contributed by atoms with Crippen LogP contribution in [0.15, 0.2) is 48.5 Å². The highest BCUT2D eigenvalue weighted by Gasteiger charge is 2.13. The fraction of sp³-hybridized carbons (Fsp3) is 0.125. The van der Waals surface area contributed by atoms with Gasteiger partial charge in [0.15, 0.2) is 11.6 Å². The zero-order valence-electron chi connectivity index (χ0n) is 10.5. The van der Waals surface area contributed by atoms with Crippen molar-refractivity contribution in [1.29, 1.82) is 0 Å². The molecule has 0 saturated heterocycles. The van der Waals surface area contributed by atoms with Crippen LogP contribution < -0.4 is 0 Å². The number of halogens is 1. The lowest BCUT2D eigenvalue weighted by Crippen LogP contribution is -2.08. The molecule has 0 saturated carbocycles. The smallest absolute Gasteiger partial charge is 0.170 e. The van der Waals surface area contributed by atoms with E-state index in [2.05, 4.69) is 0 Å². The molecule has 0 spiro atoms. The fourth-order valence-corrected chi connectivity index (χ4v) is 1.80. The minimum Gasteiger partial charge on any atom is -0.294 e. The number of carbonyl (C=O) groups is 2. The van der Waals surface area contributed by atoms with Crippen LogP contribution >= 0.6 is 0 Å². The first-order valence-electron chi connectivity index (χ1n) is 5.95. The Morgan fingerprint density at radius 2 is 1.58 bits per heavy atom. The summed E-state index contributed by atoms with van der Waals surface area (Å²) in [5, 5.41) is 0. The van der Waals surface area contributed by atoms with E-state index in [9.17, 15) is 14.0 Å². The largest absolute Gasteiger partial charge is 0.294 e. The van der Waals surface area contributed by atoms with Crippen molar-refractivity contribution < 1.29 is 14.0 Å². The standard InChI is InChI=1S/C16H13FO2/c1-11-3-2-4-13(9-11)16(19)10-15(18)12-5-7-14(17)8-6-12/h2-9H,10H2,1H3. The second-order valence-electron chi connectivity index (χ2n) is 4.40. The number of hydrogen-bond donors (Lipinski definition) is 0. The average Bonchev–Trinajstić information content (AvgIpc) is 2.39. The van der Waals surface area contributed by atoms with Crippen molar-refractivity contribution >= 4 is 11.6 Å². The molecule has 2 rings (SSSR count). The molecule has 0 amide bonds. The molecule has 19 heavy (non-hydrogen) atoms. The Bertz CT molecular complexity index is 615. The van der Waals surface area contributed by atoms with Gasteiger partial charge >= 0.3 is 0 Å². The van der Waals surface area contributed by atoms with Gasteiger partial charge in [-0.2, -0.15) is 0 Å². The second kappa shape index (κ2) is 5.57. The number of Topliss-reactive ketones (excluding diaryl/α,β-unsaturated/α-hetero) is 2. The van der Waals surface area contributed by atoms with Crippen LogP contribution in [0.4, 0.5) is 4.39 Å². The van der Waals surface area contributed by atoms with E-state index in [1.807, 2.05) is 13.0 Å². The molecular formula is C16H13FO2. The van der Waals surface area contributed by atoms with E-state index < -0.39 is 5.82 Å². The van der Waals surface area contributed by atoms with Gasteiger partial charge in [0.1, 0.15) is 5.82 Å². The molecule has 0 heterocycles. The number of carbonyl (C=O) groups excluding carboxylic acids is 2. The Hall–Kier alpha value is -2.29. The van der Waals surface area contributed by atoms with Crippen LogP contribution in [0.25, 0.3) is 0 Å². The summed E-state index contributed by atoms with van der Waals surface area (Å²) in [6.45, 7) is 1.89. The molecule has 0 N–H and O–H groups in total. The van der Waals surface area contributed by atoms with Gasteiger partial charge in [-0.3, -0.25) is 9.59 Å². The molecule has 3 heteroatoms. The molecule has 0 aliphatic rings. The number of rotatable bonds is 4. The fourth-order valence-electron chi connectivity index (χ4n) is 1.80. The van der Waals surface area contributed by atoms with Crippen LogP contribution in [0.1, 0.15) is 32.7 Å². The Kier molecular flexibility index (Phi) is 3.85. The number of aryl methyl sites for hydroxylation is 1. The monoisotopic (exact) mass is 256 g/mol. The number of benzene rings is 2. The molecule has 0 aliphatic carbocycles. The summed E-state index contributed by atoms with van der Waals surface area (Å²) in [6.07, 6.45) is -0.199. The van der Waals surface area contributed by atoms with Crippen LogP contribution in [0.3, 0.4) is 0 Å². The molecule has 0 aliphatic heterocycles. The zero-order chi connectivity index (χ0) is 13.8. The molecule has 96 valence electrons. The molecule has 0 bridgehead atoms. The molecule has 2 aromatic rings. The first-order valence-corrected chi connectivity index (χ1v) is 5.95. The second-order valence-corrected chi connectivity index (χ2v) is 4.40. The first kappa shape index (κ1) is 13.1. The van der Waals surface area contributed by atoms with Crippen LogP contribution in [-0.2, 0) is 0 Å². The summed E-state index contributed by atoms with van der Waals surface area (Å²) >= 11 is 0. The summed E-state index contributed by atoms with van der Waals surface area (Å²) in [4.78, 5) is 23.8. The first-order chi connectivity index (χ1) is 9.06. The van der Waals surface area contributed by atoms with Crippen molar-refractivity contribution in [2.75, 3.05) is 0 Å². The van der Waals surface area contributed by atoms with Crippen molar-refractivity contribution in [1.82, 2.24) is 0 Å². The minimum absolute atomic E-state index is 0.199. The number of hydrogen-bond acceptors (Lipinski definition) is 2. The van der Waals surface area contributed by atoms with Crippen molar-refractivity contribution in [2.45, 2.75) is 13.3 Å². The van der Waals surface area contributed by atoms with Gasteiger partial charge in [-0.1, -0.05) is 23.8 Å². The molecule has 0 fully saturated rings. The number of ketones is 2. The topological polar surface area (TPSA) is 34.1 Å². The molecule has 0 aromatic heterocycles. The third kappa shape index (κ3) is 3.35. The summed E-state index contributed by atoms with van der Waals surface area (Å²) in [5.41, 5.74) is 1.85. The molecule has 0 radical (unpaired) electrons. The van der Waals surface area contributed by atoms with E-state index in [4.69, 9.17) is 0 Å². The lowest BCUT2D eigenvalue weighted by Gasteiger charge is -2.02. The summed E-state index contributed by atoms with van der Waals surface area (Å²) in [6, 6.07) is 12.3. The van der Waals surface area contributed by atoms with Crippen molar-refractivity contribution in [3.63, 3.8) is 0 Å². The van der Waals surface area contributed by atoms with Crippen molar-refractivity contribution in [3.8, 4) is 0 Å². The van der Waals surface area contributed by atoms with Gasteiger partial charge in [0.2, 0.25) is 0 Å². The summed E-state index contributed by atoms with van der Waals surface area (Å²) in [5.74, 6) is -0.925.